The zero-order chi connectivity index (χ0) is 31.5. The van der Waals surface area contributed by atoms with E-state index in [9.17, 15) is 33.6 Å². The van der Waals surface area contributed by atoms with E-state index in [1.807, 2.05) is 6.07 Å². The van der Waals surface area contributed by atoms with Crippen LogP contribution in [0.25, 0.3) is 0 Å². The molecule has 2 rings (SSSR count). The number of aliphatic carboxylic acids is 1. The first-order chi connectivity index (χ1) is 20.6. The Hall–Kier alpha value is -5.47. The number of carbonyl (C=O) groups is 7. The first kappa shape index (κ1) is 33.7. The van der Waals surface area contributed by atoms with Gasteiger partial charge in [-0.3, -0.25) is 28.8 Å². The molecule has 0 spiro atoms. The highest BCUT2D eigenvalue weighted by Gasteiger charge is 2.23. The van der Waals surface area contributed by atoms with E-state index >= 15 is 0 Å². The van der Waals surface area contributed by atoms with E-state index in [4.69, 9.17) is 14.6 Å². The molecule has 0 fully saturated rings. The van der Waals surface area contributed by atoms with Crippen LogP contribution in [0.1, 0.15) is 24.0 Å². The fraction of sp³-hybridized carbons (Fsp3) is 0.321. The van der Waals surface area contributed by atoms with E-state index in [2.05, 4.69) is 26.6 Å². The lowest BCUT2D eigenvalue weighted by molar-refractivity contribution is -0.145. The van der Waals surface area contributed by atoms with Crippen LogP contribution < -0.4 is 26.6 Å². The molecule has 0 radical (unpaired) electrons. The predicted molar refractivity (Wildman–Crippen MR) is 149 cm³/mol. The normalized spacial score (nSPS) is 10.8. The quantitative estimate of drug-likeness (QED) is 0.126. The number of hydrogen-bond donors (Lipinski definition) is 6. The van der Waals surface area contributed by atoms with Crippen LogP contribution in [-0.4, -0.2) is 79.0 Å². The summed E-state index contributed by atoms with van der Waals surface area (Å²) in [6, 6.07) is 16.5. The monoisotopic (exact) mass is 599 g/mol. The van der Waals surface area contributed by atoms with E-state index in [0.29, 0.717) is 5.56 Å². The van der Waals surface area contributed by atoms with Crippen molar-refractivity contribution in [2.45, 2.75) is 32.1 Å². The maximum atomic E-state index is 12.8. The lowest BCUT2D eigenvalue weighted by Crippen LogP contribution is -2.50. The van der Waals surface area contributed by atoms with Crippen molar-refractivity contribution in [3.05, 3.63) is 71.8 Å². The van der Waals surface area contributed by atoms with Gasteiger partial charge in [0.05, 0.1) is 19.6 Å². The standard InChI is InChI=1S/C28H33N5O10/c34-22(29-14-23(35)31-16-25(37)38)13-30-24(36)15-32-27(40)21(33-28(41)43-18-20-9-5-2-6-10-20)11-12-26(39)42-17-19-7-3-1-4-8-19/h1-10,21H,11-18H2,(H,29,34)(H,30,36)(H,31,35)(H,32,40)(H,33,41)(H,37,38)/t21-/m0/s1. The fourth-order valence-corrected chi connectivity index (χ4v) is 3.26. The van der Waals surface area contributed by atoms with E-state index in [-0.39, 0.29) is 26.1 Å². The summed E-state index contributed by atoms with van der Waals surface area (Å²) < 4.78 is 10.4. The molecule has 2 aromatic rings. The number of ether oxygens (including phenoxy) is 2. The summed E-state index contributed by atoms with van der Waals surface area (Å²) in [5, 5.41) is 19.7. The molecule has 15 nitrogen and oxygen atoms in total. The van der Waals surface area contributed by atoms with Crippen molar-refractivity contribution in [3.8, 4) is 0 Å². The minimum absolute atomic E-state index is 0.0316. The highest BCUT2D eigenvalue weighted by Crippen LogP contribution is 2.06. The summed E-state index contributed by atoms with van der Waals surface area (Å²) in [4.78, 5) is 83.2. The Bertz CT molecular complexity index is 1260. The van der Waals surface area contributed by atoms with Crippen molar-refractivity contribution in [1.82, 2.24) is 26.6 Å². The molecule has 6 N–H and O–H groups in total. The van der Waals surface area contributed by atoms with Gasteiger partial charge in [0, 0.05) is 6.42 Å². The molecule has 2 aromatic carbocycles. The van der Waals surface area contributed by atoms with Crippen LogP contribution in [-0.2, 0) is 51.5 Å². The SMILES string of the molecule is O=C(O)CNC(=O)CNC(=O)CNC(=O)CNC(=O)[C@H](CCC(=O)OCc1ccccc1)NC(=O)OCc1ccccc1. The summed E-state index contributed by atoms with van der Waals surface area (Å²) >= 11 is 0. The molecule has 0 heterocycles. The average Bonchev–Trinajstić information content (AvgIpc) is 3.01. The number of nitrogens with one attached hydrogen (secondary N) is 5. The predicted octanol–water partition coefficient (Wildman–Crippen LogP) is -0.646. The summed E-state index contributed by atoms with van der Waals surface area (Å²) in [6.07, 6.45) is -1.31. The van der Waals surface area contributed by atoms with E-state index in [1.54, 1.807) is 54.6 Å². The van der Waals surface area contributed by atoms with Gasteiger partial charge in [-0.1, -0.05) is 60.7 Å². The number of carbonyl (C=O) groups excluding carboxylic acids is 6. The Kier molecular flexibility index (Phi) is 14.7. The van der Waals surface area contributed by atoms with Crippen molar-refractivity contribution in [3.63, 3.8) is 0 Å². The minimum Gasteiger partial charge on any atom is -0.480 e. The molecule has 230 valence electrons. The van der Waals surface area contributed by atoms with E-state index < -0.39 is 73.9 Å². The van der Waals surface area contributed by atoms with Crippen molar-refractivity contribution in [1.29, 1.82) is 0 Å². The first-order valence-corrected chi connectivity index (χ1v) is 13.1. The summed E-state index contributed by atoms with van der Waals surface area (Å²) in [5.74, 6) is -4.88. The van der Waals surface area contributed by atoms with Crippen LogP contribution in [0, 0.1) is 0 Å². The molecule has 43 heavy (non-hydrogen) atoms. The molecular weight excluding hydrogens is 566 g/mol. The molecule has 0 saturated heterocycles. The van der Waals surface area contributed by atoms with Gasteiger partial charge in [0.25, 0.3) is 0 Å². The van der Waals surface area contributed by atoms with Gasteiger partial charge in [-0.05, 0) is 17.5 Å². The molecule has 5 amide bonds. The lowest BCUT2D eigenvalue weighted by Gasteiger charge is -2.18. The van der Waals surface area contributed by atoms with E-state index in [0.717, 1.165) is 5.56 Å². The van der Waals surface area contributed by atoms with Crippen LogP contribution in [0.4, 0.5) is 4.79 Å². The number of esters is 1. The third-order valence-corrected chi connectivity index (χ3v) is 5.45. The summed E-state index contributed by atoms with van der Waals surface area (Å²) in [7, 11) is 0. The van der Waals surface area contributed by atoms with Gasteiger partial charge in [0.2, 0.25) is 23.6 Å². The van der Waals surface area contributed by atoms with Crippen LogP contribution >= 0.6 is 0 Å². The minimum atomic E-state index is -1.26. The molecule has 15 heteroatoms. The molecule has 1 atom stereocenters. The third-order valence-electron chi connectivity index (χ3n) is 5.45. The second-order valence-corrected chi connectivity index (χ2v) is 8.89. The van der Waals surface area contributed by atoms with Gasteiger partial charge in [-0.15, -0.1) is 0 Å². The molecule has 0 aromatic heterocycles. The largest absolute Gasteiger partial charge is 0.480 e. The van der Waals surface area contributed by atoms with Gasteiger partial charge in [0.15, 0.2) is 0 Å². The number of benzene rings is 2. The Morgan fingerprint density at radius 3 is 1.60 bits per heavy atom. The zero-order valence-corrected chi connectivity index (χ0v) is 23.1. The smallest absolute Gasteiger partial charge is 0.408 e. The van der Waals surface area contributed by atoms with Crippen LogP contribution in [0.3, 0.4) is 0 Å². The number of carboxylic acids is 1. The van der Waals surface area contributed by atoms with E-state index in [1.165, 1.54) is 0 Å². The Labute approximate surface area is 246 Å². The van der Waals surface area contributed by atoms with Crippen molar-refractivity contribution in [2.24, 2.45) is 0 Å². The van der Waals surface area contributed by atoms with Crippen molar-refractivity contribution < 1.29 is 48.1 Å². The Morgan fingerprint density at radius 2 is 1.09 bits per heavy atom. The molecule has 0 aliphatic heterocycles. The van der Waals surface area contributed by atoms with Gasteiger partial charge < -0.3 is 41.2 Å². The molecule has 0 saturated carbocycles. The van der Waals surface area contributed by atoms with Gasteiger partial charge in [0.1, 0.15) is 25.8 Å². The topological polar surface area (TPSA) is 218 Å². The first-order valence-electron chi connectivity index (χ1n) is 13.1. The van der Waals surface area contributed by atoms with Gasteiger partial charge >= 0.3 is 18.0 Å². The highest BCUT2D eigenvalue weighted by atomic mass is 16.5. The average molecular weight is 600 g/mol. The molecular formula is C28H33N5O10. The summed E-state index contributed by atoms with van der Waals surface area (Å²) in [5.41, 5.74) is 1.48. The Balaban J connectivity index is 1.82. The zero-order valence-electron chi connectivity index (χ0n) is 23.1. The lowest BCUT2D eigenvalue weighted by atomic mass is 10.1. The molecule has 0 aliphatic rings. The number of hydrogen-bond acceptors (Lipinski definition) is 9. The number of carboxylic acid groups (broad SMARTS) is 1. The number of rotatable bonds is 17. The van der Waals surface area contributed by atoms with Gasteiger partial charge in [-0.25, -0.2) is 4.79 Å². The fourth-order valence-electron chi connectivity index (χ4n) is 3.26. The summed E-state index contributed by atoms with van der Waals surface area (Å²) in [6.45, 7) is -2.24. The Morgan fingerprint density at radius 1 is 0.628 bits per heavy atom. The second-order valence-electron chi connectivity index (χ2n) is 8.89. The second kappa shape index (κ2) is 18.8. The van der Waals surface area contributed by atoms with Crippen LogP contribution in [0.5, 0.6) is 0 Å². The highest BCUT2D eigenvalue weighted by molar-refractivity contribution is 5.92. The van der Waals surface area contributed by atoms with Gasteiger partial charge in [-0.2, -0.15) is 0 Å². The van der Waals surface area contributed by atoms with Crippen LogP contribution in [0.15, 0.2) is 60.7 Å². The van der Waals surface area contributed by atoms with Crippen molar-refractivity contribution in [2.75, 3.05) is 26.2 Å². The number of alkyl carbamates (subject to hydrolysis) is 1. The molecule has 0 aliphatic carbocycles. The van der Waals surface area contributed by atoms with Crippen molar-refractivity contribution >= 4 is 41.7 Å². The third kappa shape index (κ3) is 15.2. The van der Waals surface area contributed by atoms with Crippen LogP contribution in [0.2, 0.25) is 0 Å². The maximum absolute atomic E-state index is 12.8. The number of amides is 5. The molecule has 0 unspecified atom stereocenters. The maximum Gasteiger partial charge on any atom is 0.408 e. The molecule has 0 bridgehead atoms.